The van der Waals surface area contributed by atoms with Crippen LogP contribution in [0, 0.1) is 0 Å². The number of carbonyl (C=O) groups excluding carboxylic acids is 1. The first-order valence-corrected chi connectivity index (χ1v) is 10.3. The first kappa shape index (κ1) is 20.4. The standard InChI is InChI=1S/C22H27NO4S/c1-4-7-16-12-17(13-20(25-2)21(16)26-3)22(24)23(14-18-8-5-10-27-18)15-19-9-6-11-28-19/h4,6,9,11-13,18H,1,5,7-8,10,14-15H2,2-3H3. The SMILES string of the molecule is C=CCc1cc(C(=O)N(Cc2cccs2)CC2CCCO2)cc(OC)c1OC. The van der Waals surface area contributed by atoms with Gasteiger partial charge in [-0.15, -0.1) is 17.9 Å². The summed E-state index contributed by atoms with van der Waals surface area (Å²) in [5.74, 6) is 1.16. The van der Waals surface area contributed by atoms with E-state index in [0.29, 0.717) is 36.6 Å². The van der Waals surface area contributed by atoms with Crippen LogP contribution in [0.15, 0.2) is 42.3 Å². The highest BCUT2D eigenvalue weighted by atomic mass is 32.1. The van der Waals surface area contributed by atoms with Gasteiger partial charge in [-0.05, 0) is 42.8 Å². The van der Waals surface area contributed by atoms with Gasteiger partial charge in [0.05, 0.1) is 26.9 Å². The van der Waals surface area contributed by atoms with Crippen LogP contribution in [0.3, 0.4) is 0 Å². The molecule has 1 saturated heterocycles. The average Bonchev–Trinajstić information content (AvgIpc) is 3.40. The summed E-state index contributed by atoms with van der Waals surface area (Å²) < 4.78 is 16.8. The van der Waals surface area contributed by atoms with Crippen molar-refractivity contribution >= 4 is 17.2 Å². The van der Waals surface area contributed by atoms with Gasteiger partial charge in [0.1, 0.15) is 0 Å². The van der Waals surface area contributed by atoms with Crippen molar-refractivity contribution in [2.45, 2.75) is 31.9 Å². The Morgan fingerprint density at radius 3 is 2.86 bits per heavy atom. The van der Waals surface area contributed by atoms with Crippen LogP contribution >= 0.6 is 11.3 Å². The number of hydrogen-bond acceptors (Lipinski definition) is 5. The molecule has 5 nitrogen and oxygen atoms in total. The van der Waals surface area contributed by atoms with E-state index < -0.39 is 0 Å². The fraction of sp³-hybridized carbons (Fsp3) is 0.409. The van der Waals surface area contributed by atoms with E-state index in [0.717, 1.165) is 29.9 Å². The van der Waals surface area contributed by atoms with Crippen LogP contribution in [-0.4, -0.2) is 44.3 Å². The van der Waals surface area contributed by atoms with Gasteiger partial charge in [0, 0.05) is 29.2 Å². The molecule has 1 aliphatic rings. The van der Waals surface area contributed by atoms with E-state index in [1.54, 1.807) is 37.7 Å². The quantitative estimate of drug-likeness (QED) is 0.587. The van der Waals surface area contributed by atoms with Crippen molar-refractivity contribution in [1.82, 2.24) is 4.90 Å². The van der Waals surface area contributed by atoms with Crippen molar-refractivity contribution in [2.24, 2.45) is 0 Å². The second kappa shape index (κ2) is 9.75. The predicted molar refractivity (Wildman–Crippen MR) is 111 cm³/mol. The van der Waals surface area contributed by atoms with Crippen molar-refractivity contribution in [2.75, 3.05) is 27.4 Å². The Hall–Kier alpha value is -2.31. The predicted octanol–water partition coefficient (Wildman–Crippen LogP) is 4.32. The van der Waals surface area contributed by atoms with E-state index in [2.05, 4.69) is 12.6 Å². The minimum absolute atomic E-state index is 0.0323. The normalized spacial score (nSPS) is 16.0. The maximum Gasteiger partial charge on any atom is 0.254 e. The lowest BCUT2D eigenvalue weighted by atomic mass is 10.0. The average molecular weight is 402 g/mol. The first-order valence-electron chi connectivity index (χ1n) is 9.45. The van der Waals surface area contributed by atoms with Crippen molar-refractivity contribution in [1.29, 1.82) is 0 Å². The molecule has 2 heterocycles. The highest BCUT2D eigenvalue weighted by molar-refractivity contribution is 7.09. The molecule has 1 unspecified atom stereocenters. The number of thiophene rings is 1. The van der Waals surface area contributed by atoms with Crippen molar-refractivity contribution in [3.8, 4) is 11.5 Å². The van der Waals surface area contributed by atoms with Crippen LogP contribution in [0.4, 0.5) is 0 Å². The van der Waals surface area contributed by atoms with Crippen molar-refractivity contribution in [3.05, 3.63) is 58.3 Å². The van der Waals surface area contributed by atoms with Gasteiger partial charge < -0.3 is 19.1 Å². The van der Waals surface area contributed by atoms with Crippen LogP contribution in [0.5, 0.6) is 11.5 Å². The summed E-state index contributed by atoms with van der Waals surface area (Å²) in [6.07, 6.45) is 4.52. The zero-order chi connectivity index (χ0) is 19.9. The summed E-state index contributed by atoms with van der Waals surface area (Å²) in [7, 11) is 3.19. The molecule has 150 valence electrons. The number of benzene rings is 1. The van der Waals surface area contributed by atoms with Crippen LogP contribution < -0.4 is 9.47 Å². The van der Waals surface area contributed by atoms with E-state index in [1.165, 1.54) is 0 Å². The second-order valence-electron chi connectivity index (χ2n) is 6.76. The molecule has 3 rings (SSSR count). The lowest BCUT2D eigenvalue weighted by Gasteiger charge is -2.26. The highest BCUT2D eigenvalue weighted by Crippen LogP contribution is 2.34. The molecule has 0 saturated carbocycles. The Morgan fingerprint density at radius 2 is 2.25 bits per heavy atom. The fourth-order valence-corrected chi connectivity index (χ4v) is 4.22. The molecule has 0 bridgehead atoms. The van der Waals surface area contributed by atoms with Crippen molar-refractivity contribution in [3.63, 3.8) is 0 Å². The Kier molecular flexibility index (Phi) is 7.12. The zero-order valence-corrected chi connectivity index (χ0v) is 17.3. The highest BCUT2D eigenvalue weighted by Gasteiger charge is 2.25. The van der Waals surface area contributed by atoms with E-state index in [-0.39, 0.29) is 12.0 Å². The Morgan fingerprint density at radius 1 is 1.39 bits per heavy atom. The van der Waals surface area contributed by atoms with Crippen molar-refractivity contribution < 1.29 is 19.0 Å². The van der Waals surface area contributed by atoms with Gasteiger partial charge in [0.2, 0.25) is 0 Å². The van der Waals surface area contributed by atoms with Crippen LogP contribution in [0.25, 0.3) is 0 Å². The second-order valence-corrected chi connectivity index (χ2v) is 7.80. The minimum Gasteiger partial charge on any atom is -0.493 e. The third kappa shape index (κ3) is 4.75. The van der Waals surface area contributed by atoms with Crippen LogP contribution in [0.1, 0.15) is 33.6 Å². The Bertz CT molecular complexity index is 797. The molecule has 28 heavy (non-hydrogen) atoms. The van der Waals surface area contributed by atoms with E-state index in [1.807, 2.05) is 22.4 Å². The van der Waals surface area contributed by atoms with Gasteiger partial charge in [-0.25, -0.2) is 0 Å². The van der Waals surface area contributed by atoms with E-state index >= 15 is 0 Å². The number of hydrogen-bond donors (Lipinski definition) is 0. The van der Waals surface area contributed by atoms with Gasteiger partial charge in [-0.3, -0.25) is 4.79 Å². The van der Waals surface area contributed by atoms with Gasteiger partial charge >= 0.3 is 0 Å². The number of rotatable bonds is 9. The smallest absolute Gasteiger partial charge is 0.254 e. The van der Waals surface area contributed by atoms with Gasteiger partial charge in [0.15, 0.2) is 11.5 Å². The molecule has 0 radical (unpaired) electrons. The number of carbonyl (C=O) groups is 1. The Balaban J connectivity index is 1.91. The van der Waals surface area contributed by atoms with Gasteiger partial charge in [-0.1, -0.05) is 12.1 Å². The maximum atomic E-state index is 13.4. The largest absolute Gasteiger partial charge is 0.493 e. The molecule has 0 N–H and O–H groups in total. The molecule has 1 fully saturated rings. The van der Waals surface area contributed by atoms with Gasteiger partial charge in [0.25, 0.3) is 5.91 Å². The summed E-state index contributed by atoms with van der Waals surface area (Å²) in [4.78, 5) is 16.5. The molecule has 1 aliphatic heterocycles. The molecule has 1 amide bonds. The third-order valence-corrected chi connectivity index (χ3v) is 5.69. The lowest BCUT2D eigenvalue weighted by molar-refractivity contribution is 0.0509. The fourth-order valence-electron chi connectivity index (χ4n) is 3.50. The lowest BCUT2D eigenvalue weighted by Crippen LogP contribution is -2.36. The molecule has 1 aromatic heterocycles. The topological polar surface area (TPSA) is 48.0 Å². The maximum absolute atomic E-state index is 13.4. The van der Waals surface area contributed by atoms with Gasteiger partial charge in [-0.2, -0.15) is 0 Å². The Labute approximate surface area is 170 Å². The summed E-state index contributed by atoms with van der Waals surface area (Å²) in [6.45, 7) is 5.73. The van der Waals surface area contributed by atoms with E-state index in [9.17, 15) is 4.79 Å². The summed E-state index contributed by atoms with van der Waals surface area (Å²) in [6, 6.07) is 7.69. The summed E-state index contributed by atoms with van der Waals surface area (Å²) in [5.41, 5.74) is 1.47. The summed E-state index contributed by atoms with van der Waals surface area (Å²) >= 11 is 1.65. The molecule has 0 spiro atoms. The molecule has 0 aliphatic carbocycles. The molecule has 6 heteroatoms. The monoisotopic (exact) mass is 401 g/mol. The number of ether oxygens (including phenoxy) is 3. The van der Waals surface area contributed by atoms with Crippen LogP contribution in [0.2, 0.25) is 0 Å². The molecular weight excluding hydrogens is 374 g/mol. The molecule has 2 aromatic rings. The molecule has 1 atom stereocenters. The third-order valence-electron chi connectivity index (χ3n) is 4.83. The number of allylic oxidation sites excluding steroid dienone is 1. The number of amides is 1. The van der Waals surface area contributed by atoms with Crippen LogP contribution in [-0.2, 0) is 17.7 Å². The summed E-state index contributed by atoms with van der Waals surface area (Å²) in [5, 5.41) is 2.03. The molecule has 1 aromatic carbocycles. The zero-order valence-electron chi connectivity index (χ0n) is 16.5. The minimum atomic E-state index is -0.0323. The molecular formula is C22H27NO4S. The van der Waals surface area contributed by atoms with E-state index in [4.69, 9.17) is 14.2 Å². The number of nitrogens with zero attached hydrogens (tertiary/aromatic N) is 1. The number of methoxy groups -OCH3 is 2. The first-order chi connectivity index (χ1) is 13.7.